The van der Waals surface area contributed by atoms with Gasteiger partial charge in [-0.25, -0.2) is 0 Å². The van der Waals surface area contributed by atoms with Crippen LogP contribution in [0.3, 0.4) is 0 Å². The first-order chi connectivity index (χ1) is 16.2. The summed E-state index contributed by atoms with van der Waals surface area (Å²) in [4.78, 5) is 32.4. The number of aliphatic hydroxyl groups excluding tert-OH is 1. The molecule has 2 heterocycles. The molecule has 4 rings (SSSR count). The van der Waals surface area contributed by atoms with E-state index in [0.29, 0.717) is 17.3 Å². The molecule has 1 aliphatic heterocycles. The lowest BCUT2D eigenvalue weighted by atomic mass is 9.96. The average Bonchev–Trinajstić information content (AvgIpc) is 3.09. The first-order valence-electron chi connectivity index (χ1n) is 10.9. The number of ether oxygens (including phenoxy) is 1. The Kier molecular flexibility index (Phi) is 6.44. The number of aromatic nitrogens is 1. The molecule has 1 amide bonds. The van der Waals surface area contributed by atoms with Gasteiger partial charge in [0, 0.05) is 11.9 Å². The zero-order chi connectivity index (χ0) is 24.6. The van der Waals surface area contributed by atoms with Crippen molar-refractivity contribution >= 4 is 34.7 Å². The van der Waals surface area contributed by atoms with E-state index in [1.807, 2.05) is 19.1 Å². The highest BCUT2D eigenvalue weighted by atomic mass is 35.5. The molecule has 0 radical (unpaired) electrons. The van der Waals surface area contributed by atoms with Crippen molar-refractivity contribution in [3.63, 3.8) is 0 Å². The Bertz CT molecular complexity index is 1280. The van der Waals surface area contributed by atoms with Crippen molar-refractivity contribution in [2.45, 2.75) is 32.7 Å². The Morgan fingerprint density at radius 2 is 1.82 bits per heavy atom. The first-order valence-corrected chi connectivity index (χ1v) is 11.3. The largest absolute Gasteiger partial charge is 0.507 e. The van der Waals surface area contributed by atoms with Gasteiger partial charge in [0.15, 0.2) is 0 Å². The standard InChI is InChI=1S/C27H25ClN2O4/c1-15(2)17-8-10-18(11-9-17)30-23(21-7-5-6-12-29-21)22(25(32)27(30)33)24(31)19-13-16(3)14-20(28)26(19)34-4/h5-15,23,31H,1-4H3/b24-22+. The number of aliphatic hydroxyl groups is 1. The number of hydrogen-bond acceptors (Lipinski definition) is 5. The van der Waals surface area contributed by atoms with Crippen LogP contribution in [0.4, 0.5) is 5.69 Å². The van der Waals surface area contributed by atoms with Gasteiger partial charge in [0.2, 0.25) is 0 Å². The third kappa shape index (κ3) is 4.05. The van der Waals surface area contributed by atoms with Crippen LogP contribution >= 0.6 is 11.6 Å². The van der Waals surface area contributed by atoms with Crippen LogP contribution in [0.5, 0.6) is 5.75 Å². The van der Waals surface area contributed by atoms with E-state index in [-0.39, 0.29) is 27.7 Å². The normalized spacial score (nSPS) is 17.5. The smallest absolute Gasteiger partial charge is 0.300 e. The van der Waals surface area contributed by atoms with Gasteiger partial charge in [-0.15, -0.1) is 0 Å². The number of halogens is 1. The van der Waals surface area contributed by atoms with Crippen LogP contribution in [0.2, 0.25) is 5.02 Å². The van der Waals surface area contributed by atoms with Gasteiger partial charge < -0.3 is 9.84 Å². The van der Waals surface area contributed by atoms with Crippen LogP contribution < -0.4 is 9.64 Å². The van der Waals surface area contributed by atoms with E-state index in [4.69, 9.17) is 16.3 Å². The van der Waals surface area contributed by atoms with E-state index in [1.54, 1.807) is 48.7 Å². The Morgan fingerprint density at radius 1 is 1.12 bits per heavy atom. The molecule has 1 unspecified atom stereocenters. The third-order valence-corrected chi connectivity index (χ3v) is 6.18. The molecule has 7 heteroatoms. The second-order valence-electron chi connectivity index (χ2n) is 8.50. The molecule has 1 N–H and O–H groups in total. The molecule has 1 saturated heterocycles. The molecule has 34 heavy (non-hydrogen) atoms. The van der Waals surface area contributed by atoms with Crippen LogP contribution in [-0.2, 0) is 9.59 Å². The van der Waals surface area contributed by atoms with Crippen LogP contribution in [-0.4, -0.2) is 28.9 Å². The van der Waals surface area contributed by atoms with Crippen molar-refractivity contribution in [2.24, 2.45) is 0 Å². The third-order valence-electron chi connectivity index (χ3n) is 5.90. The molecule has 1 fully saturated rings. The Balaban J connectivity index is 1.96. The molecule has 6 nitrogen and oxygen atoms in total. The summed E-state index contributed by atoms with van der Waals surface area (Å²) in [5.74, 6) is -1.38. The van der Waals surface area contributed by atoms with Gasteiger partial charge in [-0.2, -0.15) is 0 Å². The summed E-state index contributed by atoms with van der Waals surface area (Å²) >= 11 is 6.34. The Hall–Kier alpha value is -3.64. The highest BCUT2D eigenvalue weighted by molar-refractivity contribution is 6.51. The van der Waals surface area contributed by atoms with E-state index in [9.17, 15) is 14.7 Å². The van der Waals surface area contributed by atoms with Gasteiger partial charge in [-0.3, -0.25) is 19.5 Å². The van der Waals surface area contributed by atoms with Crippen LogP contribution in [0, 0.1) is 6.92 Å². The monoisotopic (exact) mass is 476 g/mol. The highest BCUT2D eigenvalue weighted by Gasteiger charge is 2.48. The number of methoxy groups -OCH3 is 1. The zero-order valence-electron chi connectivity index (χ0n) is 19.4. The fraction of sp³-hybridized carbons (Fsp3) is 0.222. The number of carbonyl (C=O) groups is 2. The number of nitrogens with zero attached hydrogens (tertiary/aromatic N) is 2. The lowest BCUT2D eigenvalue weighted by molar-refractivity contribution is -0.132. The van der Waals surface area contributed by atoms with Gasteiger partial charge in [0.1, 0.15) is 17.6 Å². The number of hydrogen-bond donors (Lipinski definition) is 1. The molecule has 0 saturated carbocycles. The molecule has 1 atom stereocenters. The Morgan fingerprint density at radius 3 is 2.41 bits per heavy atom. The molecule has 1 aliphatic rings. The average molecular weight is 477 g/mol. The number of carbonyl (C=O) groups excluding carboxylic acids is 2. The number of anilines is 1. The number of Topliss-reactive ketones (excluding diaryl/α,β-unsaturated/α-hetero) is 1. The summed E-state index contributed by atoms with van der Waals surface area (Å²) in [5.41, 5.74) is 3.02. The second kappa shape index (κ2) is 9.31. The number of aryl methyl sites for hydroxylation is 1. The van der Waals surface area contributed by atoms with Crippen LogP contribution in [0.15, 0.2) is 66.4 Å². The minimum absolute atomic E-state index is 0.0726. The van der Waals surface area contributed by atoms with Crippen molar-refractivity contribution < 1.29 is 19.4 Å². The summed E-state index contributed by atoms with van der Waals surface area (Å²) < 4.78 is 5.41. The SMILES string of the molecule is COc1c(Cl)cc(C)cc1/C(O)=C1\C(=O)C(=O)N(c2ccc(C(C)C)cc2)C1c1ccccn1. The number of ketones is 1. The molecule has 2 aromatic carbocycles. The number of amides is 1. The fourth-order valence-corrected chi connectivity index (χ4v) is 4.54. The van der Waals surface area contributed by atoms with Gasteiger partial charge >= 0.3 is 0 Å². The predicted octanol–water partition coefficient (Wildman–Crippen LogP) is 5.80. The van der Waals surface area contributed by atoms with E-state index in [0.717, 1.165) is 11.1 Å². The van der Waals surface area contributed by atoms with Crippen molar-refractivity contribution in [3.05, 3.63) is 93.8 Å². The molecular weight excluding hydrogens is 452 g/mol. The minimum atomic E-state index is -0.921. The van der Waals surface area contributed by atoms with E-state index in [2.05, 4.69) is 18.8 Å². The summed E-state index contributed by atoms with van der Waals surface area (Å²) in [5, 5.41) is 11.7. The molecular formula is C27H25ClN2O4. The number of pyridine rings is 1. The molecule has 3 aromatic rings. The van der Waals surface area contributed by atoms with Crippen molar-refractivity contribution in [1.82, 2.24) is 4.98 Å². The molecule has 0 aliphatic carbocycles. The van der Waals surface area contributed by atoms with Crippen molar-refractivity contribution in [1.29, 1.82) is 0 Å². The number of benzene rings is 2. The van der Waals surface area contributed by atoms with Gasteiger partial charge in [-0.1, -0.05) is 43.6 Å². The summed E-state index contributed by atoms with van der Waals surface area (Å²) in [6.07, 6.45) is 1.58. The maximum atomic E-state index is 13.3. The van der Waals surface area contributed by atoms with Crippen molar-refractivity contribution in [2.75, 3.05) is 12.0 Å². The van der Waals surface area contributed by atoms with E-state index in [1.165, 1.54) is 12.0 Å². The molecule has 1 aromatic heterocycles. The van der Waals surface area contributed by atoms with Crippen LogP contribution in [0.1, 0.15) is 48.2 Å². The molecule has 0 bridgehead atoms. The Labute approximate surface area is 203 Å². The first kappa shape index (κ1) is 23.5. The topological polar surface area (TPSA) is 79.7 Å². The minimum Gasteiger partial charge on any atom is -0.507 e. The van der Waals surface area contributed by atoms with E-state index < -0.39 is 17.7 Å². The lowest BCUT2D eigenvalue weighted by Gasteiger charge is -2.25. The summed E-state index contributed by atoms with van der Waals surface area (Å²) in [7, 11) is 1.43. The highest BCUT2D eigenvalue weighted by Crippen LogP contribution is 2.44. The van der Waals surface area contributed by atoms with Crippen molar-refractivity contribution in [3.8, 4) is 5.75 Å². The fourth-order valence-electron chi connectivity index (χ4n) is 4.19. The quantitative estimate of drug-likeness (QED) is 0.286. The number of rotatable bonds is 5. The van der Waals surface area contributed by atoms with Gasteiger partial charge in [0.05, 0.1) is 29.0 Å². The lowest BCUT2D eigenvalue weighted by Crippen LogP contribution is -2.29. The van der Waals surface area contributed by atoms with Gasteiger partial charge in [-0.05, 0) is 60.4 Å². The predicted molar refractivity (Wildman–Crippen MR) is 132 cm³/mol. The van der Waals surface area contributed by atoms with Crippen LogP contribution in [0.25, 0.3) is 5.76 Å². The summed E-state index contributed by atoms with van der Waals surface area (Å²) in [6.45, 7) is 5.97. The zero-order valence-corrected chi connectivity index (χ0v) is 20.1. The van der Waals surface area contributed by atoms with Gasteiger partial charge in [0.25, 0.3) is 11.7 Å². The van der Waals surface area contributed by atoms with E-state index >= 15 is 0 Å². The maximum Gasteiger partial charge on any atom is 0.300 e. The summed E-state index contributed by atoms with van der Waals surface area (Å²) in [6, 6.07) is 15.2. The maximum absolute atomic E-state index is 13.3. The molecule has 0 spiro atoms. The molecule has 174 valence electrons. The second-order valence-corrected chi connectivity index (χ2v) is 8.90.